The highest BCUT2D eigenvalue weighted by molar-refractivity contribution is 4.71. The van der Waals surface area contributed by atoms with Gasteiger partial charge in [-0.3, -0.25) is 0 Å². The van der Waals surface area contributed by atoms with E-state index in [2.05, 4.69) is 10.2 Å². The summed E-state index contributed by atoms with van der Waals surface area (Å²) in [5.74, 6) is 0.782. The number of unbranched alkanes of at least 4 members (excludes halogenated alkanes) is 1. The summed E-state index contributed by atoms with van der Waals surface area (Å²) < 4.78 is 10.9. The molecule has 1 aliphatic rings. The van der Waals surface area contributed by atoms with E-state index >= 15 is 0 Å². The molecule has 0 aliphatic carbocycles. The molecule has 0 aromatic carbocycles. The molecule has 4 nitrogen and oxygen atoms in total. The Morgan fingerprint density at radius 3 is 2.53 bits per heavy atom. The lowest BCUT2D eigenvalue weighted by Gasteiger charge is -2.31. The molecule has 1 N–H and O–H groups in total. The normalized spacial score (nSPS) is 18.0. The lowest BCUT2D eigenvalue weighted by atomic mass is 9.98. The van der Waals surface area contributed by atoms with Crippen molar-refractivity contribution in [2.24, 2.45) is 5.92 Å². The van der Waals surface area contributed by atoms with Gasteiger partial charge in [-0.1, -0.05) is 0 Å². The predicted molar refractivity (Wildman–Crippen MR) is 79.6 cm³/mol. The van der Waals surface area contributed by atoms with E-state index < -0.39 is 0 Å². The van der Waals surface area contributed by atoms with E-state index in [9.17, 15) is 0 Å². The molecule has 114 valence electrons. The van der Waals surface area contributed by atoms with Crippen LogP contribution < -0.4 is 5.32 Å². The molecule has 0 spiro atoms. The number of piperidine rings is 1. The zero-order chi connectivity index (χ0) is 13.8. The van der Waals surface area contributed by atoms with Crippen LogP contribution >= 0.6 is 0 Å². The minimum atomic E-state index is 0.782. The second-order valence-corrected chi connectivity index (χ2v) is 5.52. The lowest BCUT2D eigenvalue weighted by Crippen LogP contribution is -2.36. The van der Waals surface area contributed by atoms with Crippen LogP contribution in [0.3, 0.4) is 0 Å². The van der Waals surface area contributed by atoms with Crippen molar-refractivity contribution in [2.75, 3.05) is 60.2 Å². The minimum Gasteiger partial charge on any atom is -0.384 e. The first kappa shape index (κ1) is 16.9. The first-order chi connectivity index (χ1) is 9.36. The quantitative estimate of drug-likeness (QED) is 0.581. The van der Waals surface area contributed by atoms with Crippen LogP contribution in [0.2, 0.25) is 0 Å². The van der Waals surface area contributed by atoms with Gasteiger partial charge in [-0.2, -0.15) is 0 Å². The van der Waals surface area contributed by atoms with E-state index in [1.165, 1.54) is 51.7 Å². The van der Waals surface area contributed by atoms with Crippen LogP contribution in [0.25, 0.3) is 0 Å². The molecule has 0 unspecified atom stereocenters. The van der Waals surface area contributed by atoms with Crippen LogP contribution in [0.5, 0.6) is 0 Å². The Morgan fingerprint density at radius 1 is 1.11 bits per heavy atom. The first-order valence-electron chi connectivity index (χ1n) is 7.80. The van der Waals surface area contributed by atoms with Crippen LogP contribution in [0.1, 0.15) is 32.1 Å². The smallest absolute Gasteiger partial charge is 0.0491 e. The Balaban J connectivity index is 1.85. The Labute approximate surface area is 118 Å². The fraction of sp³-hybridized carbons (Fsp3) is 1.00. The van der Waals surface area contributed by atoms with Gasteiger partial charge in [-0.05, 0) is 64.7 Å². The minimum absolute atomic E-state index is 0.782. The summed E-state index contributed by atoms with van der Waals surface area (Å²) in [5.41, 5.74) is 0. The number of ether oxygens (including phenoxy) is 2. The van der Waals surface area contributed by atoms with Crippen molar-refractivity contribution in [1.82, 2.24) is 10.2 Å². The van der Waals surface area contributed by atoms with Gasteiger partial charge in [-0.15, -0.1) is 0 Å². The van der Waals surface area contributed by atoms with Crippen LogP contribution in [-0.4, -0.2) is 65.1 Å². The van der Waals surface area contributed by atoms with E-state index in [1.807, 2.05) is 7.05 Å². The second-order valence-electron chi connectivity index (χ2n) is 5.52. The van der Waals surface area contributed by atoms with Gasteiger partial charge < -0.3 is 19.7 Å². The van der Waals surface area contributed by atoms with Crippen molar-refractivity contribution in [1.29, 1.82) is 0 Å². The van der Waals surface area contributed by atoms with Gasteiger partial charge >= 0.3 is 0 Å². The first-order valence-corrected chi connectivity index (χ1v) is 7.80. The SMILES string of the molecule is CNCCCCOCCCN1CCC(COC)CC1. The highest BCUT2D eigenvalue weighted by Crippen LogP contribution is 2.17. The van der Waals surface area contributed by atoms with Crippen LogP contribution in [-0.2, 0) is 9.47 Å². The molecule has 1 heterocycles. The molecule has 1 fully saturated rings. The third-order valence-electron chi connectivity index (χ3n) is 3.84. The Hall–Kier alpha value is -0.160. The highest BCUT2D eigenvalue weighted by Gasteiger charge is 2.18. The van der Waals surface area contributed by atoms with Crippen LogP contribution in [0.4, 0.5) is 0 Å². The second kappa shape index (κ2) is 11.6. The number of rotatable bonds is 11. The lowest BCUT2D eigenvalue weighted by molar-refractivity contribution is 0.0861. The van der Waals surface area contributed by atoms with E-state index in [4.69, 9.17) is 9.47 Å². The molecule has 1 aliphatic heterocycles. The van der Waals surface area contributed by atoms with Gasteiger partial charge in [0.15, 0.2) is 0 Å². The van der Waals surface area contributed by atoms with Crippen molar-refractivity contribution in [3.05, 3.63) is 0 Å². The average Bonchev–Trinajstić information content (AvgIpc) is 2.44. The van der Waals surface area contributed by atoms with Crippen molar-refractivity contribution in [3.63, 3.8) is 0 Å². The molecule has 0 aromatic rings. The molecule has 0 bridgehead atoms. The topological polar surface area (TPSA) is 33.7 Å². The van der Waals surface area contributed by atoms with Gasteiger partial charge in [0.1, 0.15) is 0 Å². The number of likely N-dealkylation sites (tertiary alicyclic amines) is 1. The van der Waals surface area contributed by atoms with Gasteiger partial charge in [0.2, 0.25) is 0 Å². The van der Waals surface area contributed by atoms with E-state index in [1.54, 1.807) is 7.11 Å². The van der Waals surface area contributed by atoms with Crippen LogP contribution in [0, 0.1) is 5.92 Å². The monoisotopic (exact) mass is 272 g/mol. The predicted octanol–water partition coefficient (Wildman–Crippen LogP) is 1.75. The Kier molecular flexibility index (Phi) is 10.4. The molecule has 1 rings (SSSR count). The van der Waals surface area contributed by atoms with Crippen LogP contribution in [0.15, 0.2) is 0 Å². The highest BCUT2D eigenvalue weighted by atomic mass is 16.5. The van der Waals surface area contributed by atoms with E-state index in [-0.39, 0.29) is 0 Å². The summed E-state index contributed by atoms with van der Waals surface area (Å²) in [6.45, 7) is 7.51. The number of methoxy groups -OCH3 is 1. The van der Waals surface area contributed by atoms with E-state index in [0.29, 0.717) is 0 Å². The number of hydrogen-bond acceptors (Lipinski definition) is 4. The third kappa shape index (κ3) is 8.58. The zero-order valence-corrected chi connectivity index (χ0v) is 12.8. The molecule has 4 heteroatoms. The fourth-order valence-corrected chi connectivity index (χ4v) is 2.61. The maximum absolute atomic E-state index is 5.66. The molecule has 0 amide bonds. The maximum atomic E-state index is 5.66. The molecule has 19 heavy (non-hydrogen) atoms. The molecule has 0 aromatic heterocycles. The summed E-state index contributed by atoms with van der Waals surface area (Å²) in [7, 11) is 3.80. The largest absolute Gasteiger partial charge is 0.384 e. The van der Waals surface area contributed by atoms with Crippen molar-refractivity contribution in [2.45, 2.75) is 32.1 Å². The summed E-state index contributed by atoms with van der Waals surface area (Å²) >= 11 is 0. The molecule has 1 saturated heterocycles. The number of hydrogen-bond donors (Lipinski definition) is 1. The summed E-state index contributed by atoms with van der Waals surface area (Å²) in [5, 5.41) is 3.15. The van der Waals surface area contributed by atoms with Crippen molar-refractivity contribution in [3.8, 4) is 0 Å². The number of nitrogens with one attached hydrogen (secondary N) is 1. The maximum Gasteiger partial charge on any atom is 0.0491 e. The molecular formula is C15H32N2O2. The third-order valence-corrected chi connectivity index (χ3v) is 3.84. The molecule has 0 atom stereocenters. The fourth-order valence-electron chi connectivity index (χ4n) is 2.61. The number of nitrogens with zero attached hydrogens (tertiary/aromatic N) is 1. The van der Waals surface area contributed by atoms with Gasteiger partial charge in [-0.25, -0.2) is 0 Å². The zero-order valence-electron chi connectivity index (χ0n) is 12.8. The van der Waals surface area contributed by atoms with Gasteiger partial charge in [0.05, 0.1) is 0 Å². The molecular weight excluding hydrogens is 240 g/mol. The van der Waals surface area contributed by atoms with Crippen molar-refractivity contribution < 1.29 is 9.47 Å². The summed E-state index contributed by atoms with van der Waals surface area (Å²) in [4.78, 5) is 2.57. The van der Waals surface area contributed by atoms with Gasteiger partial charge in [0.25, 0.3) is 0 Å². The molecule has 0 saturated carbocycles. The molecule has 0 radical (unpaired) electrons. The standard InChI is InChI=1S/C15H32N2O2/c1-16-8-3-4-12-19-13-5-9-17-10-6-15(7-11-17)14-18-2/h15-16H,3-14H2,1-2H3. The summed E-state index contributed by atoms with van der Waals surface area (Å²) in [6, 6.07) is 0. The van der Waals surface area contributed by atoms with E-state index in [0.717, 1.165) is 32.3 Å². The van der Waals surface area contributed by atoms with Gasteiger partial charge in [0, 0.05) is 33.5 Å². The average molecular weight is 272 g/mol. The summed E-state index contributed by atoms with van der Waals surface area (Å²) in [6.07, 6.45) is 6.13. The van der Waals surface area contributed by atoms with Crippen molar-refractivity contribution >= 4 is 0 Å². The Morgan fingerprint density at radius 2 is 1.84 bits per heavy atom. The Bertz CT molecular complexity index is 195.